The molecule has 0 radical (unpaired) electrons. The monoisotopic (exact) mass is 287 g/mol. The van der Waals surface area contributed by atoms with Gasteiger partial charge in [-0.05, 0) is 18.6 Å². The van der Waals surface area contributed by atoms with Crippen LogP contribution < -0.4 is 0 Å². The van der Waals surface area contributed by atoms with Crippen LogP contribution in [0.25, 0.3) is 0 Å². The molecular formula is C11H17N3O2S2. The van der Waals surface area contributed by atoms with Crippen molar-refractivity contribution in [1.82, 2.24) is 14.8 Å². The zero-order valence-corrected chi connectivity index (χ0v) is 12.0. The van der Waals surface area contributed by atoms with Gasteiger partial charge in [0.15, 0.2) is 5.16 Å². The molecule has 0 amide bonds. The lowest BCUT2D eigenvalue weighted by Crippen LogP contribution is -2.10. The van der Waals surface area contributed by atoms with E-state index in [1.165, 1.54) is 17.5 Å². The first-order chi connectivity index (χ1) is 8.72. The SMILES string of the molecule is CCCn1c(SCC(=O)O)nnc1C1CCSC1. The van der Waals surface area contributed by atoms with Gasteiger partial charge in [-0.3, -0.25) is 4.79 Å². The smallest absolute Gasteiger partial charge is 0.313 e. The van der Waals surface area contributed by atoms with Gasteiger partial charge in [-0.15, -0.1) is 10.2 Å². The summed E-state index contributed by atoms with van der Waals surface area (Å²) in [6, 6.07) is 0. The number of aliphatic carboxylic acids is 1. The van der Waals surface area contributed by atoms with Crippen molar-refractivity contribution in [3.05, 3.63) is 5.82 Å². The summed E-state index contributed by atoms with van der Waals surface area (Å²) in [7, 11) is 0. The number of hydrogen-bond acceptors (Lipinski definition) is 5. The van der Waals surface area contributed by atoms with Crippen molar-refractivity contribution in [3.8, 4) is 0 Å². The molecule has 1 unspecified atom stereocenters. The third kappa shape index (κ3) is 3.20. The Morgan fingerprint density at radius 3 is 3.06 bits per heavy atom. The molecule has 0 saturated carbocycles. The van der Waals surface area contributed by atoms with Crippen LogP contribution in [0.1, 0.15) is 31.5 Å². The summed E-state index contributed by atoms with van der Waals surface area (Å²) >= 11 is 3.21. The Kier molecular flexibility index (Phi) is 4.94. The highest BCUT2D eigenvalue weighted by Gasteiger charge is 2.24. The molecule has 2 rings (SSSR count). The van der Waals surface area contributed by atoms with Crippen LogP contribution in [0, 0.1) is 0 Å². The Hall–Kier alpha value is -0.690. The first-order valence-electron chi connectivity index (χ1n) is 6.07. The van der Waals surface area contributed by atoms with Gasteiger partial charge in [0.05, 0.1) is 5.75 Å². The second kappa shape index (κ2) is 6.47. The van der Waals surface area contributed by atoms with Gasteiger partial charge >= 0.3 is 5.97 Å². The van der Waals surface area contributed by atoms with Crippen molar-refractivity contribution >= 4 is 29.5 Å². The molecule has 1 fully saturated rings. The highest BCUT2D eigenvalue weighted by molar-refractivity contribution is 7.99. The van der Waals surface area contributed by atoms with Gasteiger partial charge in [-0.2, -0.15) is 11.8 Å². The van der Waals surface area contributed by atoms with Gasteiger partial charge in [0.2, 0.25) is 0 Å². The lowest BCUT2D eigenvalue weighted by Gasteiger charge is -2.11. The summed E-state index contributed by atoms with van der Waals surface area (Å²) in [5, 5.41) is 17.9. The van der Waals surface area contributed by atoms with E-state index in [4.69, 9.17) is 5.11 Å². The first kappa shape index (κ1) is 13.7. The van der Waals surface area contributed by atoms with Crippen molar-refractivity contribution < 1.29 is 9.90 Å². The number of carboxylic acids is 1. The van der Waals surface area contributed by atoms with Crippen LogP contribution in [0.5, 0.6) is 0 Å². The zero-order chi connectivity index (χ0) is 13.0. The summed E-state index contributed by atoms with van der Waals surface area (Å²) in [4.78, 5) is 10.6. The number of nitrogens with zero attached hydrogens (tertiary/aromatic N) is 3. The van der Waals surface area contributed by atoms with E-state index in [0.717, 1.165) is 36.1 Å². The van der Waals surface area contributed by atoms with Gasteiger partial charge in [-0.1, -0.05) is 18.7 Å². The molecule has 1 aromatic rings. The van der Waals surface area contributed by atoms with Gasteiger partial charge < -0.3 is 9.67 Å². The summed E-state index contributed by atoms with van der Waals surface area (Å²) < 4.78 is 2.10. The minimum absolute atomic E-state index is 0.0429. The number of carbonyl (C=O) groups is 1. The molecule has 1 saturated heterocycles. The maximum absolute atomic E-state index is 10.6. The highest BCUT2D eigenvalue weighted by Crippen LogP contribution is 2.33. The molecule has 1 aliphatic heterocycles. The van der Waals surface area contributed by atoms with Crippen LogP contribution in [0.2, 0.25) is 0 Å². The van der Waals surface area contributed by atoms with Crippen molar-refractivity contribution in [2.75, 3.05) is 17.3 Å². The zero-order valence-electron chi connectivity index (χ0n) is 10.3. The number of aromatic nitrogens is 3. The molecule has 100 valence electrons. The van der Waals surface area contributed by atoms with E-state index in [2.05, 4.69) is 21.7 Å². The summed E-state index contributed by atoms with van der Waals surface area (Å²) in [6.45, 7) is 2.98. The van der Waals surface area contributed by atoms with Gasteiger partial charge in [0.1, 0.15) is 5.82 Å². The predicted molar refractivity (Wildman–Crippen MR) is 73.4 cm³/mol. The maximum Gasteiger partial charge on any atom is 0.313 e. The Morgan fingerprint density at radius 1 is 1.61 bits per heavy atom. The standard InChI is InChI=1S/C11H17N3O2S2/c1-2-4-14-10(8-3-5-17-6-8)12-13-11(14)18-7-9(15)16/h8H,2-7H2,1H3,(H,15,16). The average Bonchev–Trinajstić information content (AvgIpc) is 2.95. The first-order valence-corrected chi connectivity index (χ1v) is 8.21. The fourth-order valence-corrected chi connectivity index (χ4v) is 3.92. The number of hydrogen-bond donors (Lipinski definition) is 1. The van der Waals surface area contributed by atoms with Crippen molar-refractivity contribution in [1.29, 1.82) is 0 Å². The van der Waals surface area contributed by atoms with E-state index in [9.17, 15) is 4.79 Å². The van der Waals surface area contributed by atoms with Crippen LogP contribution in [0.3, 0.4) is 0 Å². The molecule has 1 aliphatic rings. The molecule has 7 heteroatoms. The highest BCUT2D eigenvalue weighted by atomic mass is 32.2. The van der Waals surface area contributed by atoms with E-state index in [-0.39, 0.29) is 5.75 Å². The molecule has 2 heterocycles. The number of rotatable bonds is 6. The van der Waals surface area contributed by atoms with Crippen molar-refractivity contribution in [2.45, 2.75) is 37.4 Å². The largest absolute Gasteiger partial charge is 0.481 e. The minimum Gasteiger partial charge on any atom is -0.481 e. The second-order valence-corrected chi connectivity index (χ2v) is 6.33. The Balaban J connectivity index is 2.16. The number of thioether (sulfide) groups is 2. The van der Waals surface area contributed by atoms with Gasteiger partial charge in [0, 0.05) is 18.2 Å². The average molecular weight is 287 g/mol. The van der Waals surface area contributed by atoms with Gasteiger partial charge in [0.25, 0.3) is 0 Å². The lowest BCUT2D eigenvalue weighted by atomic mass is 10.1. The van der Waals surface area contributed by atoms with E-state index in [1.807, 2.05) is 11.8 Å². The van der Waals surface area contributed by atoms with Crippen LogP contribution in [-0.2, 0) is 11.3 Å². The van der Waals surface area contributed by atoms with Crippen LogP contribution in [-0.4, -0.2) is 43.1 Å². The lowest BCUT2D eigenvalue weighted by molar-refractivity contribution is -0.133. The third-order valence-corrected chi connectivity index (χ3v) is 4.93. The van der Waals surface area contributed by atoms with Crippen molar-refractivity contribution in [2.24, 2.45) is 0 Å². The molecule has 18 heavy (non-hydrogen) atoms. The topological polar surface area (TPSA) is 68.0 Å². The molecule has 1 atom stereocenters. The summed E-state index contributed by atoms with van der Waals surface area (Å²) in [6.07, 6.45) is 2.15. The molecule has 1 aromatic heterocycles. The molecule has 5 nitrogen and oxygen atoms in total. The van der Waals surface area contributed by atoms with E-state index in [0.29, 0.717) is 5.92 Å². The number of carboxylic acid groups (broad SMARTS) is 1. The molecule has 0 bridgehead atoms. The predicted octanol–water partition coefficient (Wildman–Crippen LogP) is 2.09. The third-order valence-electron chi connectivity index (χ3n) is 2.81. The van der Waals surface area contributed by atoms with Crippen LogP contribution in [0.15, 0.2) is 5.16 Å². The Morgan fingerprint density at radius 2 is 2.44 bits per heavy atom. The Bertz CT molecular complexity index is 416. The van der Waals surface area contributed by atoms with E-state index >= 15 is 0 Å². The molecule has 1 N–H and O–H groups in total. The van der Waals surface area contributed by atoms with Gasteiger partial charge in [-0.25, -0.2) is 0 Å². The maximum atomic E-state index is 10.6. The minimum atomic E-state index is -0.816. The molecule has 0 aromatic carbocycles. The normalized spacial score (nSPS) is 19.3. The molecule has 0 spiro atoms. The quantitative estimate of drug-likeness (QED) is 0.808. The van der Waals surface area contributed by atoms with E-state index < -0.39 is 5.97 Å². The Labute approximate surface area is 115 Å². The van der Waals surface area contributed by atoms with Crippen LogP contribution in [0.4, 0.5) is 0 Å². The fourth-order valence-electron chi connectivity index (χ4n) is 2.01. The molecular weight excluding hydrogens is 270 g/mol. The van der Waals surface area contributed by atoms with Crippen LogP contribution >= 0.6 is 23.5 Å². The molecule has 0 aliphatic carbocycles. The summed E-state index contributed by atoms with van der Waals surface area (Å²) in [5.41, 5.74) is 0. The van der Waals surface area contributed by atoms with Crippen molar-refractivity contribution in [3.63, 3.8) is 0 Å². The van der Waals surface area contributed by atoms with E-state index in [1.54, 1.807) is 0 Å². The summed E-state index contributed by atoms with van der Waals surface area (Å²) in [5.74, 6) is 3.03. The second-order valence-electron chi connectivity index (χ2n) is 4.24. The fraction of sp³-hybridized carbons (Fsp3) is 0.727.